The predicted molar refractivity (Wildman–Crippen MR) is 59.6 cm³/mol. The Bertz CT molecular complexity index is 165. The molecule has 0 saturated carbocycles. The van der Waals surface area contributed by atoms with Gasteiger partial charge in [0.1, 0.15) is 0 Å². The number of hydrogen-bond donors (Lipinski definition) is 2. The van der Waals surface area contributed by atoms with Gasteiger partial charge < -0.3 is 10.6 Å². The van der Waals surface area contributed by atoms with Crippen LogP contribution in [0.4, 0.5) is 0 Å². The molecular formula is C11H23N3. The van der Waals surface area contributed by atoms with Crippen LogP contribution in [-0.2, 0) is 0 Å². The van der Waals surface area contributed by atoms with E-state index in [1.165, 1.54) is 58.5 Å². The van der Waals surface area contributed by atoms with Crippen molar-refractivity contribution >= 4 is 0 Å². The molecular weight excluding hydrogens is 174 g/mol. The molecule has 3 heteroatoms. The monoisotopic (exact) mass is 197 g/mol. The first kappa shape index (κ1) is 10.4. The summed E-state index contributed by atoms with van der Waals surface area (Å²) in [5.74, 6) is 0. The summed E-state index contributed by atoms with van der Waals surface area (Å²) >= 11 is 0. The maximum atomic E-state index is 3.56. The quantitative estimate of drug-likeness (QED) is 0.672. The molecule has 0 amide bonds. The SMILES string of the molecule is CCCN1CCNCC12CCNCC2. The lowest BCUT2D eigenvalue weighted by atomic mass is 9.84. The molecule has 2 heterocycles. The van der Waals surface area contributed by atoms with Crippen molar-refractivity contribution in [3.63, 3.8) is 0 Å². The van der Waals surface area contributed by atoms with Crippen LogP contribution in [0.2, 0.25) is 0 Å². The predicted octanol–water partition coefficient (Wildman–Crippen LogP) is 0.424. The third kappa shape index (κ3) is 1.95. The Morgan fingerprint density at radius 1 is 1.14 bits per heavy atom. The summed E-state index contributed by atoms with van der Waals surface area (Å²) in [6.07, 6.45) is 3.93. The van der Waals surface area contributed by atoms with Gasteiger partial charge in [-0.25, -0.2) is 0 Å². The molecule has 0 aromatic heterocycles. The van der Waals surface area contributed by atoms with Gasteiger partial charge in [-0.1, -0.05) is 6.92 Å². The first-order valence-corrected chi connectivity index (χ1v) is 6.04. The van der Waals surface area contributed by atoms with Crippen LogP contribution in [0.25, 0.3) is 0 Å². The van der Waals surface area contributed by atoms with Crippen LogP contribution in [0.3, 0.4) is 0 Å². The van der Waals surface area contributed by atoms with Crippen LogP contribution in [0.5, 0.6) is 0 Å². The molecule has 1 spiro atoms. The standard InChI is InChI=1S/C11H23N3/c1-2-8-14-9-7-13-10-11(14)3-5-12-6-4-11/h12-13H,2-10H2,1H3. The van der Waals surface area contributed by atoms with Crippen LogP contribution in [0, 0.1) is 0 Å². The Labute approximate surface area is 87.2 Å². The Hall–Kier alpha value is -0.120. The second-order valence-electron chi connectivity index (χ2n) is 4.64. The Kier molecular flexibility index (Phi) is 3.42. The van der Waals surface area contributed by atoms with Crippen molar-refractivity contribution in [3.8, 4) is 0 Å². The summed E-state index contributed by atoms with van der Waals surface area (Å²) in [7, 11) is 0. The summed E-state index contributed by atoms with van der Waals surface area (Å²) in [5, 5.41) is 7.03. The smallest absolute Gasteiger partial charge is 0.0358 e. The molecule has 82 valence electrons. The normalized spacial score (nSPS) is 28.1. The molecule has 2 saturated heterocycles. The van der Waals surface area contributed by atoms with Crippen LogP contribution in [0.1, 0.15) is 26.2 Å². The lowest BCUT2D eigenvalue weighted by Gasteiger charge is -2.50. The van der Waals surface area contributed by atoms with E-state index >= 15 is 0 Å². The molecule has 0 aromatic carbocycles. The van der Waals surface area contributed by atoms with Crippen molar-refractivity contribution < 1.29 is 0 Å². The fraction of sp³-hybridized carbons (Fsp3) is 1.00. The zero-order chi connectivity index (χ0) is 9.86. The molecule has 2 fully saturated rings. The molecule has 0 atom stereocenters. The van der Waals surface area contributed by atoms with Crippen molar-refractivity contribution in [1.82, 2.24) is 15.5 Å². The van der Waals surface area contributed by atoms with E-state index in [0.29, 0.717) is 5.54 Å². The second kappa shape index (κ2) is 4.60. The summed E-state index contributed by atoms with van der Waals surface area (Å²) in [4.78, 5) is 2.73. The Morgan fingerprint density at radius 3 is 2.64 bits per heavy atom. The van der Waals surface area contributed by atoms with E-state index in [1.807, 2.05) is 0 Å². The van der Waals surface area contributed by atoms with Gasteiger partial charge in [0, 0.05) is 25.2 Å². The van der Waals surface area contributed by atoms with E-state index in [9.17, 15) is 0 Å². The molecule has 2 N–H and O–H groups in total. The van der Waals surface area contributed by atoms with Crippen LogP contribution < -0.4 is 10.6 Å². The summed E-state index contributed by atoms with van der Waals surface area (Å²) in [6, 6.07) is 0. The molecule has 2 aliphatic heterocycles. The van der Waals surface area contributed by atoms with E-state index in [-0.39, 0.29) is 0 Å². The highest BCUT2D eigenvalue weighted by Crippen LogP contribution is 2.27. The summed E-state index contributed by atoms with van der Waals surface area (Å²) in [6.45, 7) is 9.58. The number of rotatable bonds is 2. The third-order valence-corrected chi connectivity index (χ3v) is 3.71. The van der Waals surface area contributed by atoms with Gasteiger partial charge in [-0.3, -0.25) is 4.90 Å². The minimum atomic E-state index is 0.486. The Morgan fingerprint density at radius 2 is 1.93 bits per heavy atom. The number of nitrogens with one attached hydrogen (secondary N) is 2. The Balaban J connectivity index is 2.02. The highest BCUT2D eigenvalue weighted by molar-refractivity contribution is 4.98. The van der Waals surface area contributed by atoms with Crippen molar-refractivity contribution in [2.24, 2.45) is 0 Å². The van der Waals surface area contributed by atoms with Crippen molar-refractivity contribution in [1.29, 1.82) is 0 Å². The minimum Gasteiger partial charge on any atom is -0.317 e. The van der Waals surface area contributed by atoms with Gasteiger partial charge in [-0.2, -0.15) is 0 Å². The molecule has 0 unspecified atom stereocenters. The van der Waals surface area contributed by atoms with E-state index in [1.54, 1.807) is 0 Å². The first-order chi connectivity index (χ1) is 6.87. The second-order valence-corrected chi connectivity index (χ2v) is 4.64. The molecule has 0 aliphatic carbocycles. The molecule has 0 aromatic rings. The number of piperidine rings is 1. The molecule has 2 aliphatic rings. The lowest BCUT2D eigenvalue weighted by Crippen LogP contribution is -2.64. The van der Waals surface area contributed by atoms with Crippen LogP contribution in [-0.4, -0.2) is 49.7 Å². The third-order valence-electron chi connectivity index (χ3n) is 3.71. The van der Waals surface area contributed by atoms with Gasteiger partial charge in [-0.15, -0.1) is 0 Å². The average Bonchev–Trinajstić information content (AvgIpc) is 2.23. The molecule has 0 bridgehead atoms. The van der Waals surface area contributed by atoms with Crippen molar-refractivity contribution in [2.75, 3.05) is 39.3 Å². The van der Waals surface area contributed by atoms with Gasteiger partial charge in [0.05, 0.1) is 0 Å². The van der Waals surface area contributed by atoms with Gasteiger partial charge in [-0.05, 0) is 38.9 Å². The van der Waals surface area contributed by atoms with Crippen molar-refractivity contribution in [3.05, 3.63) is 0 Å². The van der Waals surface area contributed by atoms with Gasteiger partial charge in [0.25, 0.3) is 0 Å². The zero-order valence-corrected chi connectivity index (χ0v) is 9.31. The summed E-state index contributed by atoms with van der Waals surface area (Å²) < 4.78 is 0. The van der Waals surface area contributed by atoms with Gasteiger partial charge in [0.15, 0.2) is 0 Å². The number of hydrogen-bond acceptors (Lipinski definition) is 3. The molecule has 14 heavy (non-hydrogen) atoms. The van der Waals surface area contributed by atoms with E-state index in [0.717, 1.165) is 0 Å². The summed E-state index contributed by atoms with van der Waals surface area (Å²) in [5.41, 5.74) is 0.486. The largest absolute Gasteiger partial charge is 0.317 e. The number of nitrogens with zero attached hydrogens (tertiary/aromatic N) is 1. The molecule has 2 rings (SSSR count). The van der Waals surface area contributed by atoms with Crippen molar-refractivity contribution in [2.45, 2.75) is 31.7 Å². The number of piperazine rings is 1. The fourth-order valence-corrected chi connectivity index (χ4v) is 2.89. The maximum absolute atomic E-state index is 3.56. The minimum absolute atomic E-state index is 0.486. The van der Waals surface area contributed by atoms with Gasteiger partial charge >= 0.3 is 0 Å². The highest BCUT2D eigenvalue weighted by Gasteiger charge is 2.38. The maximum Gasteiger partial charge on any atom is 0.0358 e. The highest BCUT2D eigenvalue weighted by atomic mass is 15.3. The van der Waals surface area contributed by atoms with Gasteiger partial charge in [0.2, 0.25) is 0 Å². The zero-order valence-electron chi connectivity index (χ0n) is 9.31. The van der Waals surface area contributed by atoms with Crippen LogP contribution >= 0.6 is 0 Å². The topological polar surface area (TPSA) is 27.3 Å². The fourth-order valence-electron chi connectivity index (χ4n) is 2.89. The molecule has 3 nitrogen and oxygen atoms in total. The van der Waals surface area contributed by atoms with E-state index in [2.05, 4.69) is 22.5 Å². The van der Waals surface area contributed by atoms with Crippen LogP contribution in [0.15, 0.2) is 0 Å². The van der Waals surface area contributed by atoms with E-state index < -0.39 is 0 Å². The first-order valence-electron chi connectivity index (χ1n) is 6.04. The molecule has 0 radical (unpaired) electrons. The lowest BCUT2D eigenvalue weighted by molar-refractivity contribution is 0.0333. The average molecular weight is 197 g/mol. The van der Waals surface area contributed by atoms with E-state index in [4.69, 9.17) is 0 Å².